The van der Waals surface area contributed by atoms with Crippen LogP contribution in [0.2, 0.25) is 0 Å². The molecule has 0 radical (unpaired) electrons. The Morgan fingerprint density at radius 3 is 2.30 bits per heavy atom. The summed E-state index contributed by atoms with van der Waals surface area (Å²) < 4.78 is 6.11. The van der Waals surface area contributed by atoms with Gasteiger partial charge < -0.3 is 30.9 Å². The van der Waals surface area contributed by atoms with Crippen LogP contribution in [0.3, 0.4) is 0 Å². The number of amides is 5. The summed E-state index contributed by atoms with van der Waals surface area (Å²) >= 11 is 0. The van der Waals surface area contributed by atoms with E-state index in [0.29, 0.717) is 12.3 Å². The summed E-state index contributed by atoms with van der Waals surface area (Å²) in [5, 5.41) is 11.3. The monoisotopic (exact) mass is 732 g/mol. The Morgan fingerprint density at radius 2 is 1.68 bits per heavy atom. The number of aromatic nitrogens is 3. The van der Waals surface area contributed by atoms with E-state index >= 15 is 0 Å². The van der Waals surface area contributed by atoms with Crippen LogP contribution in [0.4, 0.5) is 0 Å². The minimum atomic E-state index is -1.11. The number of nitrogens with zero attached hydrogens (tertiary/aromatic N) is 4. The Balaban J connectivity index is 1.39. The molecule has 15 heteroatoms. The maximum Gasteiger partial charge on any atom is 0.289 e. The summed E-state index contributed by atoms with van der Waals surface area (Å²) in [5.41, 5.74) is -0.763. The van der Waals surface area contributed by atoms with Gasteiger partial charge in [-0.3, -0.25) is 33.8 Å². The molecule has 3 heterocycles. The van der Waals surface area contributed by atoms with Gasteiger partial charge in [0.15, 0.2) is 0 Å². The van der Waals surface area contributed by atoms with Gasteiger partial charge in [0.25, 0.3) is 11.8 Å². The number of hydrogen-bond acceptors (Lipinski definition) is 10. The predicted octanol–water partition coefficient (Wildman–Crippen LogP) is 2.26. The molecule has 4 N–H and O–H groups in total. The SMILES string of the molecule is CCC[C@H](NC(=O)[C@@H]1C[C@@H](Oc2ccccn2)CN1C(=O)[C@@H](NC(=O)[C@@H](NC(=O)c1cnccn1)C1CCCCC1)C(C)(C)C)C(=O)C(=O)NC1CC1. The summed E-state index contributed by atoms with van der Waals surface area (Å²) in [6, 6.07) is 0.929. The largest absolute Gasteiger partial charge is 0.472 e. The molecule has 0 spiro atoms. The van der Waals surface area contributed by atoms with Gasteiger partial charge in [0, 0.05) is 37.1 Å². The predicted molar refractivity (Wildman–Crippen MR) is 193 cm³/mol. The molecule has 5 rings (SSSR count). The standard InChI is InChI=1S/C38H52N8O7/c1-5-11-26(31(47)36(51)42-24-15-16-24)43-34(49)28-20-25(53-29-14-9-10-17-41-29)22-46(28)37(52)32(38(2,3)4)45-35(50)30(23-12-7-6-8-13-23)44-33(48)27-21-39-18-19-40-27/h9-10,14,17-19,21,23-26,28,30,32H,5-8,11-13,15-16,20,22H2,1-4H3,(H,42,51)(H,43,49)(H,44,48)(H,45,50)/t25-,26+,28+,30+,32-/m1/s1. The van der Waals surface area contributed by atoms with Crippen molar-refractivity contribution in [3.05, 3.63) is 48.7 Å². The zero-order valence-corrected chi connectivity index (χ0v) is 31.0. The maximum atomic E-state index is 14.7. The Bertz CT molecular complexity index is 1610. The molecule has 3 aliphatic rings. The van der Waals surface area contributed by atoms with Crippen molar-refractivity contribution in [1.82, 2.24) is 41.1 Å². The van der Waals surface area contributed by atoms with E-state index in [1.807, 2.05) is 27.7 Å². The topological polar surface area (TPSA) is 202 Å². The van der Waals surface area contributed by atoms with Crippen molar-refractivity contribution in [3.8, 4) is 5.88 Å². The minimum Gasteiger partial charge on any atom is -0.472 e. The Labute approximate surface area is 310 Å². The fourth-order valence-electron chi connectivity index (χ4n) is 6.97. The lowest BCUT2D eigenvalue weighted by Gasteiger charge is -2.37. The molecule has 2 aliphatic carbocycles. The summed E-state index contributed by atoms with van der Waals surface area (Å²) in [6.45, 7) is 7.28. The summed E-state index contributed by atoms with van der Waals surface area (Å²) in [5.74, 6) is -3.51. The number of ketones is 1. The first-order valence-electron chi connectivity index (χ1n) is 18.8. The van der Waals surface area contributed by atoms with Crippen LogP contribution in [-0.4, -0.2) is 98.0 Å². The number of ether oxygens (including phenoxy) is 1. The molecule has 15 nitrogen and oxygen atoms in total. The van der Waals surface area contributed by atoms with Gasteiger partial charge in [0.1, 0.15) is 29.9 Å². The van der Waals surface area contributed by atoms with Gasteiger partial charge in [-0.25, -0.2) is 9.97 Å². The zero-order chi connectivity index (χ0) is 38.1. The number of pyridine rings is 1. The van der Waals surface area contributed by atoms with Gasteiger partial charge in [-0.1, -0.05) is 59.4 Å². The fourth-order valence-corrected chi connectivity index (χ4v) is 6.97. The molecule has 0 unspecified atom stereocenters. The van der Waals surface area contributed by atoms with Crippen molar-refractivity contribution >= 4 is 35.3 Å². The Kier molecular flexibility index (Phi) is 13.1. The maximum absolute atomic E-state index is 14.7. The molecule has 5 atom stereocenters. The van der Waals surface area contributed by atoms with Crippen LogP contribution in [0.15, 0.2) is 43.0 Å². The third-order valence-corrected chi connectivity index (χ3v) is 10.0. The van der Waals surface area contributed by atoms with Gasteiger partial charge in [-0.2, -0.15) is 0 Å². The van der Waals surface area contributed by atoms with Crippen LogP contribution >= 0.6 is 0 Å². The first-order chi connectivity index (χ1) is 25.3. The molecule has 0 aromatic carbocycles. The molecular formula is C38H52N8O7. The van der Waals surface area contributed by atoms with E-state index in [2.05, 4.69) is 36.2 Å². The van der Waals surface area contributed by atoms with Crippen LogP contribution in [0.25, 0.3) is 0 Å². The number of Topliss-reactive ketones (excluding diaryl/α,β-unsaturated/α-hetero) is 1. The second-order valence-electron chi connectivity index (χ2n) is 15.4. The van der Waals surface area contributed by atoms with E-state index < -0.39 is 71.0 Å². The molecule has 1 aliphatic heterocycles. The molecule has 5 amide bonds. The minimum absolute atomic E-state index is 0.0000319. The van der Waals surface area contributed by atoms with E-state index in [0.717, 1.165) is 44.9 Å². The van der Waals surface area contributed by atoms with E-state index in [9.17, 15) is 28.8 Å². The van der Waals surface area contributed by atoms with E-state index in [-0.39, 0.29) is 37.0 Å². The van der Waals surface area contributed by atoms with Gasteiger partial charge in [0.2, 0.25) is 29.4 Å². The highest BCUT2D eigenvalue weighted by Crippen LogP contribution is 2.30. The zero-order valence-electron chi connectivity index (χ0n) is 31.0. The molecule has 286 valence electrons. The van der Waals surface area contributed by atoms with Crippen LogP contribution in [0.5, 0.6) is 5.88 Å². The number of carbonyl (C=O) groups excluding carboxylic acids is 6. The lowest BCUT2D eigenvalue weighted by Crippen LogP contribution is -2.62. The third-order valence-electron chi connectivity index (χ3n) is 10.0. The lowest BCUT2D eigenvalue weighted by molar-refractivity contribution is -0.145. The molecule has 53 heavy (non-hydrogen) atoms. The highest BCUT2D eigenvalue weighted by Gasteiger charge is 2.47. The second kappa shape index (κ2) is 17.7. The number of likely N-dealkylation sites (tertiary alicyclic amines) is 1. The summed E-state index contributed by atoms with van der Waals surface area (Å²) in [4.78, 5) is 95.7. The fraction of sp³-hybridized carbons (Fsp3) is 0.605. The van der Waals surface area contributed by atoms with Gasteiger partial charge in [0.05, 0.1) is 18.8 Å². The second-order valence-corrected chi connectivity index (χ2v) is 15.4. The van der Waals surface area contributed by atoms with Crippen molar-refractivity contribution in [3.63, 3.8) is 0 Å². The average Bonchev–Trinajstić information content (AvgIpc) is 3.87. The normalized spacial score (nSPS) is 20.7. The molecule has 3 fully saturated rings. The van der Waals surface area contributed by atoms with Crippen molar-refractivity contribution in [2.45, 2.75) is 128 Å². The number of carbonyl (C=O) groups is 6. The average molecular weight is 733 g/mol. The Hall–Kier alpha value is -4.95. The van der Waals surface area contributed by atoms with Crippen molar-refractivity contribution < 1.29 is 33.5 Å². The van der Waals surface area contributed by atoms with Gasteiger partial charge in [-0.05, 0) is 49.5 Å². The molecule has 2 saturated carbocycles. The number of rotatable bonds is 15. The van der Waals surface area contributed by atoms with Crippen molar-refractivity contribution in [2.24, 2.45) is 11.3 Å². The smallest absolute Gasteiger partial charge is 0.289 e. The quantitative estimate of drug-likeness (QED) is 0.197. The first kappa shape index (κ1) is 39.3. The summed E-state index contributed by atoms with van der Waals surface area (Å²) in [6.07, 6.45) is 11.9. The van der Waals surface area contributed by atoms with Crippen molar-refractivity contribution in [2.75, 3.05) is 6.54 Å². The van der Waals surface area contributed by atoms with Crippen LogP contribution in [0, 0.1) is 11.3 Å². The molecule has 2 aromatic heterocycles. The van der Waals surface area contributed by atoms with Crippen LogP contribution < -0.4 is 26.0 Å². The molecular weight excluding hydrogens is 680 g/mol. The van der Waals surface area contributed by atoms with E-state index in [4.69, 9.17) is 4.74 Å². The first-order valence-corrected chi connectivity index (χ1v) is 18.8. The molecule has 2 aromatic rings. The number of hydrogen-bond donors (Lipinski definition) is 4. The van der Waals surface area contributed by atoms with Crippen molar-refractivity contribution in [1.29, 1.82) is 0 Å². The Morgan fingerprint density at radius 1 is 0.925 bits per heavy atom. The third kappa shape index (κ3) is 10.6. The van der Waals surface area contributed by atoms with E-state index in [1.54, 1.807) is 24.4 Å². The van der Waals surface area contributed by atoms with Crippen LogP contribution in [-0.2, 0) is 24.0 Å². The lowest BCUT2D eigenvalue weighted by atomic mass is 9.82. The summed E-state index contributed by atoms with van der Waals surface area (Å²) in [7, 11) is 0. The number of nitrogens with one attached hydrogen (secondary N) is 4. The highest BCUT2D eigenvalue weighted by atomic mass is 16.5. The highest BCUT2D eigenvalue weighted by molar-refractivity contribution is 6.38. The van der Waals surface area contributed by atoms with E-state index in [1.165, 1.54) is 23.5 Å². The molecule has 1 saturated heterocycles. The van der Waals surface area contributed by atoms with Gasteiger partial charge in [-0.15, -0.1) is 0 Å². The molecule has 0 bridgehead atoms. The van der Waals surface area contributed by atoms with Gasteiger partial charge >= 0.3 is 0 Å². The van der Waals surface area contributed by atoms with Crippen LogP contribution in [0.1, 0.15) is 102 Å².